The van der Waals surface area contributed by atoms with Gasteiger partial charge in [-0.05, 0) is 60.6 Å². The van der Waals surface area contributed by atoms with E-state index in [2.05, 4.69) is 0 Å². The zero-order valence-corrected chi connectivity index (χ0v) is 18.1. The predicted molar refractivity (Wildman–Crippen MR) is 122 cm³/mol. The van der Waals surface area contributed by atoms with Crippen LogP contribution in [0.15, 0.2) is 71.3 Å². The van der Waals surface area contributed by atoms with E-state index in [1.54, 1.807) is 42.5 Å². The van der Waals surface area contributed by atoms with Crippen LogP contribution in [-0.4, -0.2) is 40.9 Å². The second kappa shape index (κ2) is 9.15. The molecule has 2 aromatic carbocycles. The van der Waals surface area contributed by atoms with E-state index in [-0.39, 0.29) is 35.9 Å². The maximum absolute atomic E-state index is 13.0. The molecule has 0 radical (unpaired) electrons. The predicted octanol–water partition coefficient (Wildman–Crippen LogP) is 4.09. The van der Waals surface area contributed by atoms with Crippen LogP contribution in [0.2, 0.25) is 0 Å². The molecule has 1 aromatic heterocycles. The van der Waals surface area contributed by atoms with Gasteiger partial charge in [0, 0.05) is 0 Å². The van der Waals surface area contributed by atoms with E-state index in [1.807, 2.05) is 19.1 Å². The number of imide groups is 1. The van der Waals surface area contributed by atoms with E-state index >= 15 is 0 Å². The number of carbonyl (C=O) groups excluding carboxylic acids is 3. The lowest BCUT2D eigenvalue weighted by Gasteiger charge is -2.23. The molecule has 1 aliphatic rings. The average Bonchev–Trinajstić information content (AvgIpc) is 3.44. The number of rotatable bonds is 6. The van der Waals surface area contributed by atoms with Gasteiger partial charge >= 0.3 is 5.91 Å². The first-order chi connectivity index (χ1) is 15.5. The molecule has 0 aliphatic carbocycles. The Labute approximate surface area is 190 Å². The van der Waals surface area contributed by atoms with Crippen molar-refractivity contribution in [1.29, 1.82) is 0 Å². The van der Waals surface area contributed by atoms with Gasteiger partial charge in [-0.3, -0.25) is 19.3 Å². The number of nitrogens with zero attached hydrogens (tertiary/aromatic N) is 2. The van der Waals surface area contributed by atoms with Gasteiger partial charge < -0.3 is 9.15 Å². The lowest BCUT2D eigenvalue weighted by Crippen LogP contribution is -2.39. The van der Waals surface area contributed by atoms with Crippen molar-refractivity contribution < 1.29 is 23.5 Å². The van der Waals surface area contributed by atoms with Gasteiger partial charge in [0.15, 0.2) is 5.76 Å². The fourth-order valence-corrected chi connectivity index (χ4v) is 3.70. The van der Waals surface area contributed by atoms with Gasteiger partial charge in [0.1, 0.15) is 6.61 Å². The van der Waals surface area contributed by atoms with Gasteiger partial charge in [0.25, 0.3) is 17.0 Å². The maximum Gasteiger partial charge on any atom is 0.301 e. The van der Waals surface area contributed by atoms with Crippen molar-refractivity contribution in [2.75, 3.05) is 18.1 Å². The number of benzene rings is 2. The molecule has 32 heavy (non-hydrogen) atoms. The Kier molecular flexibility index (Phi) is 6.13. The highest BCUT2D eigenvalue weighted by atomic mass is 32.1. The molecule has 3 aromatic rings. The number of ether oxygens (including phenoxy) is 1. The highest BCUT2D eigenvalue weighted by Gasteiger charge is 2.35. The number of carbonyl (C=O) groups is 3. The van der Waals surface area contributed by atoms with Crippen molar-refractivity contribution in [3.8, 4) is 0 Å². The van der Waals surface area contributed by atoms with Gasteiger partial charge in [-0.15, -0.1) is 0 Å². The van der Waals surface area contributed by atoms with Crippen molar-refractivity contribution in [2.45, 2.75) is 13.3 Å². The Bertz CT molecular complexity index is 1140. The summed E-state index contributed by atoms with van der Waals surface area (Å²) in [5.74, 6) is -1.13. The number of thiocarbonyl (C=S) groups is 1. The average molecular weight is 449 g/mol. The Balaban J connectivity index is 1.47. The van der Waals surface area contributed by atoms with Crippen molar-refractivity contribution in [3.05, 3.63) is 89.4 Å². The first-order valence-corrected chi connectivity index (χ1v) is 10.5. The van der Waals surface area contributed by atoms with Crippen molar-refractivity contribution >= 4 is 40.8 Å². The number of aryl methyl sites for hydroxylation is 1. The van der Waals surface area contributed by atoms with E-state index in [1.165, 1.54) is 17.2 Å². The quantitative estimate of drug-likeness (QED) is 0.418. The van der Waals surface area contributed by atoms with Crippen molar-refractivity contribution in [1.82, 2.24) is 4.90 Å². The summed E-state index contributed by atoms with van der Waals surface area (Å²) < 4.78 is 10.9. The minimum Gasteiger partial charge on any atom is -0.468 e. The molecule has 0 atom stereocenters. The summed E-state index contributed by atoms with van der Waals surface area (Å²) >= 11 is 5.39. The van der Waals surface area contributed by atoms with Crippen LogP contribution in [0.1, 0.15) is 43.8 Å². The number of anilines is 1. The number of furan rings is 1. The summed E-state index contributed by atoms with van der Waals surface area (Å²) in [4.78, 5) is 40.4. The van der Waals surface area contributed by atoms with Crippen LogP contribution >= 0.6 is 12.2 Å². The molecule has 0 bridgehead atoms. The molecule has 0 saturated carbocycles. The van der Waals surface area contributed by atoms with Crippen LogP contribution in [-0.2, 0) is 11.2 Å². The highest BCUT2D eigenvalue weighted by Crippen LogP contribution is 2.23. The van der Waals surface area contributed by atoms with Gasteiger partial charge in [-0.2, -0.15) is 0 Å². The largest absolute Gasteiger partial charge is 0.468 e. The molecule has 0 unspecified atom stereocenters. The van der Waals surface area contributed by atoms with Crippen LogP contribution in [0.3, 0.4) is 0 Å². The SMILES string of the molecule is CCc1ccc(N(C(=O)c2ccco2)C(=S)OCCN2C(=O)c3ccccc3C2=O)cc1. The second-order valence-corrected chi connectivity index (χ2v) is 7.41. The summed E-state index contributed by atoms with van der Waals surface area (Å²) in [7, 11) is 0. The fourth-order valence-electron chi connectivity index (χ4n) is 3.43. The van der Waals surface area contributed by atoms with Gasteiger partial charge in [-0.25, -0.2) is 4.90 Å². The molecular weight excluding hydrogens is 428 g/mol. The highest BCUT2D eigenvalue weighted by molar-refractivity contribution is 7.80. The summed E-state index contributed by atoms with van der Waals surface area (Å²) in [5.41, 5.74) is 2.36. The topological polar surface area (TPSA) is 80.1 Å². The molecule has 0 saturated heterocycles. The molecular formula is C24H20N2O5S. The van der Waals surface area contributed by atoms with Crippen molar-refractivity contribution in [2.24, 2.45) is 0 Å². The third-order valence-corrected chi connectivity index (χ3v) is 5.44. The number of fused-ring (bicyclic) bond motifs is 1. The van der Waals surface area contributed by atoms with E-state index in [4.69, 9.17) is 21.4 Å². The van der Waals surface area contributed by atoms with Crippen LogP contribution < -0.4 is 4.90 Å². The third kappa shape index (κ3) is 4.04. The molecule has 2 heterocycles. The second-order valence-electron chi connectivity index (χ2n) is 7.06. The van der Waals surface area contributed by atoms with Gasteiger partial charge in [-0.1, -0.05) is 31.2 Å². The monoisotopic (exact) mass is 448 g/mol. The molecule has 8 heteroatoms. The summed E-state index contributed by atoms with van der Waals surface area (Å²) in [5, 5.41) is -0.104. The normalized spacial score (nSPS) is 12.6. The molecule has 0 N–H and O–H groups in total. The number of amides is 3. The lowest BCUT2D eigenvalue weighted by atomic mass is 10.1. The zero-order chi connectivity index (χ0) is 22.7. The van der Waals surface area contributed by atoms with Crippen LogP contribution in [0.5, 0.6) is 0 Å². The number of hydrogen-bond acceptors (Lipinski definition) is 6. The van der Waals surface area contributed by atoms with E-state index in [0.29, 0.717) is 16.8 Å². The Hall–Kier alpha value is -3.78. The van der Waals surface area contributed by atoms with Gasteiger partial charge in [0.05, 0.1) is 29.6 Å². The molecule has 1 aliphatic heterocycles. The minimum absolute atomic E-state index is 0.00401. The Morgan fingerprint density at radius 2 is 1.66 bits per heavy atom. The summed E-state index contributed by atoms with van der Waals surface area (Å²) in [6.45, 7) is 1.98. The maximum atomic E-state index is 13.0. The van der Waals surface area contributed by atoms with Crippen molar-refractivity contribution in [3.63, 3.8) is 0 Å². The van der Waals surface area contributed by atoms with E-state index in [9.17, 15) is 14.4 Å². The zero-order valence-electron chi connectivity index (χ0n) is 17.3. The molecule has 162 valence electrons. The first kappa shape index (κ1) is 21.5. The van der Waals surface area contributed by atoms with E-state index in [0.717, 1.165) is 16.9 Å². The molecule has 0 spiro atoms. The van der Waals surface area contributed by atoms with Crippen LogP contribution in [0, 0.1) is 0 Å². The summed E-state index contributed by atoms with van der Waals surface area (Å²) in [6.07, 6.45) is 2.26. The smallest absolute Gasteiger partial charge is 0.301 e. The van der Waals surface area contributed by atoms with E-state index < -0.39 is 5.91 Å². The standard InChI is InChI=1S/C24H20N2O5S/c1-2-16-9-11-17(12-10-16)26(23(29)20-8-5-14-30-20)24(32)31-15-13-25-21(27)18-6-3-4-7-19(18)22(25)28/h3-12,14H,2,13,15H2,1H3. The van der Waals surface area contributed by atoms with Gasteiger partial charge in [0.2, 0.25) is 0 Å². The lowest BCUT2D eigenvalue weighted by molar-refractivity contribution is 0.0627. The third-order valence-electron chi connectivity index (χ3n) is 5.14. The molecule has 0 fully saturated rings. The summed E-state index contributed by atoms with van der Waals surface area (Å²) in [6, 6.07) is 17.2. The fraction of sp³-hybridized carbons (Fsp3) is 0.167. The number of hydrogen-bond donors (Lipinski definition) is 0. The Morgan fingerprint density at radius 1 is 1.00 bits per heavy atom. The Morgan fingerprint density at radius 3 is 2.22 bits per heavy atom. The van der Waals surface area contributed by atoms with Crippen LogP contribution in [0.4, 0.5) is 5.69 Å². The molecule has 4 rings (SSSR count). The molecule has 3 amide bonds. The molecule has 7 nitrogen and oxygen atoms in total. The first-order valence-electron chi connectivity index (χ1n) is 10.1. The van der Waals surface area contributed by atoms with Crippen LogP contribution in [0.25, 0.3) is 0 Å². The minimum atomic E-state index is -0.482.